The topological polar surface area (TPSA) is 99.6 Å². The molecule has 258 valence electrons. The van der Waals surface area contributed by atoms with Gasteiger partial charge in [-0.15, -0.1) is 13.2 Å². The fourth-order valence-corrected chi connectivity index (χ4v) is 8.23. The molecule has 0 radical (unpaired) electrons. The predicted molar refractivity (Wildman–Crippen MR) is 187 cm³/mol. The van der Waals surface area contributed by atoms with Gasteiger partial charge in [-0.3, -0.25) is 14.4 Å². The van der Waals surface area contributed by atoms with Crippen molar-refractivity contribution in [3.8, 4) is 5.75 Å². The molecule has 2 aromatic carbocycles. The monoisotopic (exact) mass is 657 g/mol. The van der Waals surface area contributed by atoms with E-state index in [9.17, 15) is 19.5 Å². The Kier molecular flexibility index (Phi) is 11.1. The number of hydrogen-bond acceptors (Lipinski definition) is 6. The maximum Gasteiger partial charge on any atom is 0.248 e. The van der Waals surface area contributed by atoms with E-state index >= 15 is 0 Å². The van der Waals surface area contributed by atoms with Gasteiger partial charge in [0, 0.05) is 25.3 Å². The van der Waals surface area contributed by atoms with E-state index in [1.54, 1.807) is 26.9 Å². The predicted octanol–water partition coefficient (Wildman–Crippen LogP) is 5.18. The second-order valence-electron chi connectivity index (χ2n) is 13.4. The van der Waals surface area contributed by atoms with E-state index in [-0.39, 0.29) is 30.9 Å². The molecule has 0 aliphatic carbocycles. The number of anilines is 1. The summed E-state index contributed by atoms with van der Waals surface area (Å²) in [5.74, 6) is -1.82. The van der Waals surface area contributed by atoms with Gasteiger partial charge in [0.25, 0.3) is 0 Å². The van der Waals surface area contributed by atoms with E-state index in [1.165, 1.54) is 0 Å². The number of benzene rings is 2. The van der Waals surface area contributed by atoms with Gasteiger partial charge in [-0.05, 0) is 69.4 Å². The normalized spacial score (nSPS) is 26.2. The minimum atomic E-state index is -1.21. The third-order valence-electron chi connectivity index (χ3n) is 10.4. The molecule has 1 spiro atoms. The summed E-state index contributed by atoms with van der Waals surface area (Å²) in [6, 6.07) is 15.3. The number of aliphatic hydroxyl groups is 1. The van der Waals surface area contributed by atoms with E-state index in [2.05, 4.69) is 20.1 Å². The number of fused-ring (bicyclic) bond motifs is 1. The number of amides is 3. The number of carbonyl (C=O) groups excluding carboxylic acids is 3. The molecule has 0 aromatic heterocycles. The van der Waals surface area contributed by atoms with E-state index in [1.807, 2.05) is 68.4 Å². The molecule has 6 atom stereocenters. The number of rotatable bonds is 17. The smallest absolute Gasteiger partial charge is 0.248 e. The molecule has 3 amide bonds. The standard InChI is InChI=1S/C39H51N3O6/c1-6-10-14-25-40(23-7-2)37(46)34-39-22-21-38(5,48-39)32(35(44)41(24-8-3)29-17-19-31(20-18-29)47-9-4)33(39)36(45)42(34)30(27-43)26-28-15-12-11-13-16-28/h7-8,11-13,15-20,30,32-34,43H,2-3,6,9-10,14,21-27H2,1,4-5H3/t30-,32-,33+,34?,38+,39?/m1/s1. The molecule has 48 heavy (non-hydrogen) atoms. The number of likely N-dealkylation sites (tertiary alicyclic amines) is 1. The van der Waals surface area contributed by atoms with Crippen molar-refractivity contribution in [1.29, 1.82) is 0 Å². The van der Waals surface area contributed by atoms with E-state index in [0.29, 0.717) is 50.4 Å². The molecule has 3 fully saturated rings. The highest BCUT2D eigenvalue weighted by molar-refractivity contribution is 6.03. The Morgan fingerprint density at radius 2 is 1.75 bits per heavy atom. The van der Waals surface area contributed by atoms with Crippen LogP contribution in [0.15, 0.2) is 79.9 Å². The number of unbranched alkanes of at least 4 members (excludes halogenated alkanes) is 2. The van der Waals surface area contributed by atoms with Crippen LogP contribution in [0.5, 0.6) is 5.75 Å². The van der Waals surface area contributed by atoms with Gasteiger partial charge in [-0.1, -0.05) is 62.2 Å². The minimum Gasteiger partial charge on any atom is -0.494 e. The van der Waals surface area contributed by atoms with Gasteiger partial charge in [-0.25, -0.2) is 0 Å². The molecular weight excluding hydrogens is 606 g/mol. The Morgan fingerprint density at radius 3 is 2.38 bits per heavy atom. The van der Waals surface area contributed by atoms with Gasteiger partial charge in [0.05, 0.1) is 36.7 Å². The first-order valence-corrected chi connectivity index (χ1v) is 17.4. The van der Waals surface area contributed by atoms with Crippen molar-refractivity contribution in [3.05, 3.63) is 85.5 Å². The Morgan fingerprint density at radius 1 is 1.04 bits per heavy atom. The Labute approximate surface area is 285 Å². The third-order valence-corrected chi connectivity index (χ3v) is 10.4. The average molecular weight is 658 g/mol. The minimum absolute atomic E-state index is 0.222. The Hall–Kier alpha value is -3.95. The van der Waals surface area contributed by atoms with Crippen LogP contribution in [0.25, 0.3) is 0 Å². The molecule has 3 heterocycles. The molecule has 1 N–H and O–H groups in total. The molecular formula is C39H51N3O6. The van der Waals surface area contributed by atoms with Gasteiger partial charge < -0.3 is 29.3 Å². The van der Waals surface area contributed by atoms with Crippen LogP contribution < -0.4 is 9.64 Å². The largest absolute Gasteiger partial charge is 0.494 e. The molecule has 2 unspecified atom stereocenters. The molecule has 3 aliphatic heterocycles. The summed E-state index contributed by atoms with van der Waals surface area (Å²) >= 11 is 0. The lowest BCUT2D eigenvalue weighted by Gasteiger charge is -2.39. The summed E-state index contributed by atoms with van der Waals surface area (Å²) in [6.45, 7) is 15.0. The fourth-order valence-electron chi connectivity index (χ4n) is 8.23. The highest BCUT2D eigenvalue weighted by Crippen LogP contribution is 2.64. The van der Waals surface area contributed by atoms with Crippen molar-refractivity contribution in [1.82, 2.24) is 9.80 Å². The fraction of sp³-hybridized carbons (Fsp3) is 0.513. The quantitative estimate of drug-likeness (QED) is 0.186. The summed E-state index contributed by atoms with van der Waals surface area (Å²) in [5, 5.41) is 10.8. The highest BCUT2D eigenvalue weighted by atomic mass is 16.5. The Balaban J connectivity index is 1.58. The number of nitrogens with zero attached hydrogens (tertiary/aromatic N) is 3. The van der Waals surface area contributed by atoms with E-state index in [0.717, 1.165) is 24.8 Å². The van der Waals surface area contributed by atoms with Crippen molar-refractivity contribution in [3.63, 3.8) is 0 Å². The Bertz CT molecular complexity index is 1460. The van der Waals surface area contributed by atoms with Gasteiger partial charge in [0.2, 0.25) is 17.7 Å². The first-order valence-electron chi connectivity index (χ1n) is 17.4. The average Bonchev–Trinajstić information content (AvgIpc) is 3.66. The van der Waals surface area contributed by atoms with Gasteiger partial charge in [0.15, 0.2) is 0 Å². The van der Waals surface area contributed by atoms with Crippen LogP contribution in [0.4, 0.5) is 5.69 Å². The maximum atomic E-state index is 14.9. The van der Waals surface area contributed by atoms with Crippen molar-refractivity contribution < 1.29 is 29.0 Å². The van der Waals surface area contributed by atoms with Gasteiger partial charge in [-0.2, -0.15) is 0 Å². The first kappa shape index (κ1) is 35.4. The molecule has 3 aliphatic rings. The van der Waals surface area contributed by atoms with Crippen molar-refractivity contribution in [2.24, 2.45) is 11.8 Å². The van der Waals surface area contributed by atoms with Crippen molar-refractivity contribution >= 4 is 23.4 Å². The SMILES string of the molecule is C=CCN(CCCCC)C(=O)C1N([C@@H](CO)Cc2ccccc2)C(=O)[C@@H]2[C@H](C(=O)N(CC=C)c3ccc(OCC)cc3)[C@]3(C)CCC12O3. The van der Waals surface area contributed by atoms with Crippen LogP contribution in [0.1, 0.15) is 58.4 Å². The summed E-state index contributed by atoms with van der Waals surface area (Å²) < 4.78 is 12.6. The van der Waals surface area contributed by atoms with Crippen LogP contribution in [-0.4, -0.2) is 88.8 Å². The van der Waals surface area contributed by atoms with Gasteiger partial charge in [0.1, 0.15) is 17.4 Å². The molecule has 0 saturated carbocycles. The molecule has 9 nitrogen and oxygen atoms in total. The van der Waals surface area contributed by atoms with Crippen LogP contribution in [0.3, 0.4) is 0 Å². The summed E-state index contributed by atoms with van der Waals surface area (Å²) in [5.41, 5.74) is -0.569. The maximum absolute atomic E-state index is 14.9. The number of carbonyl (C=O) groups is 3. The number of aliphatic hydroxyl groups excluding tert-OH is 1. The second-order valence-corrected chi connectivity index (χ2v) is 13.4. The number of ether oxygens (including phenoxy) is 2. The zero-order chi connectivity index (χ0) is 34.5. The zero-order valence-corrected chi connectivity index (χ0v) is 28.7. The zero-order valence-electron chi connectivity index (χ0n) is 28.7. The van der Waals surface area contributed by atoms with Crippen LogP contribution in [-0.2, 0) is 25.5 Å². The van der Waals surface area contributed by atoms with Crippen LogP contribution >= 0.6 is 0 Å². The van der Waals surface area contributed by atoms with Crippen LogP contribution in [0.2, 0.25) is 0 Å². The van der Waals surface area contributed by atoms with E-state index in [4.69, 9.17) is 9.47 Å². The van der Waals surface area contributed by atoms with Crippen LogP contribution in [0, 0.1) is 11.8 Å². The lowest BCUT2D eigenvalue weighted by Crippen LogP contribution is -2.59. The summed E-state index contributed by atoms with van der Waals surface area (Å²) in [7, 11) is 0. The molecule has 5 rings (SSSR count). The lowest BCUT2D eigenvalue weighted by atomic mass is 9.66. The third kappa shape index (κ3) is 6.42. The summed E-state index contributed by atoms with van der Waals surface area (Å²) in [6.07, 6.45) is 7.50. The molecule has 3 saturated heterocycles. The van der Waals surface area contributed by atoms with Crippen molar-refractivity contribution in [2.45, 2.75) is 82.6 Å². The molecule has 9 heteroatoms. The molecule has 2 aromatic rings. The van der Waals surface area contributed by atoms with Crippen molar-refractivity contribution in [2.75, 3.05) is 37.7 Å². The first-order chi connectivity index (χ1) is 23.2. The second kappa shape index (κ2) is 15.1. The highest BCUT2D eigenvalue weighted by Gasteiger charge is 2.78. The van der Waals surface area contributed by atoms with E-state index < -0.39 is 35.1 Å². The number of hydrogen-bond donors (Lipinski definition) is 1. The summed E-state index contributed by atoms with van der Waals surface area (Å²) in [4.78, 5) is 49.5. The molecule has 2 bridgehead atoms. The lowest BCUT2D eigenvalue weighted by molar-refractivity contribution is -0.154. The van der Waals surface area contributed by atoms with Gasteiger partial charge >= 0.3 is 0 Å².